The number of carbonyl (C=O) groups is 2. The van der Waals surface area contributed by atoms with E-state index in [2.05, 4.69) is 15.6 Å². The smallest absolute Gasteiger partial charge is 0.391 e. The molecule has 2 heterocycles. The number of aromatic nitrogens is 3. The van der Waals surface area contributed by atoms with Crippen molar-refractivity contribution in [3.63, 3.8) is 0 Å². The zero-order valence-corrected chi connectivity index (χ0v) is 21.1. The lowest BCUT2D eigenvalue weighted by Gasteiger charge is -2.35. The van der Waals surface area contributed by atoms with E-state index in [4.69, 9.17) is 0 Å². The van der Waals surface area contributed by atoms with Gasteiger partial charge in [0.2, 0.25) is 11.8 Å². The van der Waals surface area contributed by atoms with Gasteiger partial charge >= 0.3 is 6.18 Å². The number of likely N-dealkylation sites (tertiary alicyclic amines) is 1. The molecule has 3 fully saturated rings. The van der Waals surface area contributed by atoms with Crippen LogP contribution in [0, 0.1) is 11.3 Å². The Morgan fingerprint density at radius 1 is 1.16 bits per heavy atom. The molecular weight excluding hydrogens is 487 g/mol. The molecule has 2 unspecified atom stereocenters. The Morgan fingerprint density at radius 2 is 1.84 bits per heavy atom. The number of aliphatic hydroxyl groups excluding tert-OH is 1. The minimum Gasteiger partial charge on any atom is -0.391 e. The van der Waals surface area contributed by atoms with Crippen molar-refractivity contribution >= 4 is 11.8 Å². The van der Waals surface area contributed by atoms with Crippen LogP contribution in [0.3, 0.4) is 0 Å². The molecule has 0 bridgehead atoms. The highest BCUT2D eigenvalue weighted by Crippen LogP contribution is 2.59. The maximum Gasteiger partial charge on any atom is 0.394 e. The van der Waals surface area contributed by atoms with Crippen LogP contribution in [0.15, 0.2) is 36.5 Å². The number of carbonyl (C=O) groups excluding carboxylic acids is 2. The van der Waals surface area contributed by atoms with Crippen molar-refractivity contribution in [3.05, 3.63) is 47.8 Å². The summed E-state index contributed by atoms with van der Waals surface area (Å²) in [6.45, 7) is 5.53. The van der Waals surface area contributed by atoms with Gasteiger partial charge in [0.1, 0.15) is 12.1 Å². The van der Waals surface area contributed by atoms with Crippen molar-refractivity contribution in [1.82, 2.24) is 25.2 Å². The number of benzene rings is 1. The van der Waals surface area contributed by atoms with Gasteiger partial charge in [0.25, 0.3) is 0 Å². The van der Waals surface area contributed by atoms with Crippen molar-refractivity contribution in [2.75, 3.05) is 6.54 Å². The van der Waals surface area contributed by atoms with Gasteiger partial charge in [-0.3, -0.25) is 9.59 Å². The fourth-order valence-electron chi connectivity index (χ4n) is 5.55. The lowest BCUT2D eigenvalue weighted by molar-refractivity contribution is -0.155. The van der Waals surface area contributed by atoms with Crippen LogP contribution in [0.5, 0.6) is 0 Å². The third-order valence-electron chi connectivity index (χ3n) is 7.70. The van der Waals surface area contributed by atoms with Gasteiger partial charge in [-0.05, 0) is 30.2 Å². The molecule has 0 spiro atoms. The van der Waals surface area contributed by atoms with Crippen molar-refractivity contribution in [1.29, 1.82) is 0 Å². The first-order valence-electron chi connectivity index (χ1n) is 12.7. The number of amides is 2. The Kier molecular flexibility index (Phi) is 6.12. The van der Waals surface area contributed by atoms with E-state index in [-0.39, 0.29) is 19.4 Å². The highest BCUT2D eigenvalue weighted by molar-refractivity contribution is 5.91. The predicted molar refractivity (Wildman–Crippen MR) is 127 cm³/mol. The maximum absolute atomic E-state index is 13.9. The quantitative estimate of drug-likeness (QED) is 0.610. The first-order valence-corrected chi connectivity index (χ1v) is 12.7. The molecule has 2 aromatic rings. The van der Waals surface area contributed by atoms with Crippen LogP contribution in [0.4, 0.5) is 13.2 Å². The largest absolute Gasteiger partial charge is 0.394 e. The van der Waals surface area contributed by atoms with Crippen LogP contribution < -0.4 is 5.32 Å². The molecule has 5 rings (SSSR count). The van der Waals surface area contributed by atoms with E-state index in [0.29, 0.717) is 11.5 Å². The number of β-amino-alcohol motifs (C(OH)–C–C–N with tert-alkyl or cyclic N) is 1. The standard InChI is InChI=1S/C26H32F3N5O3/c1-24(2,3)21(34-14-18(31-32-34)15-9-10-15)23(37)33-13-17(35)11-19(33)22(36)30-25(12-20(25)26(27,28)29)16-7-5-4-6-8-16/h4-8,14-15,17,19-21,35H,9-13H2,1-3H3,(H,30,36)/t17-,19+,20?,21-,25?/m1/s1. The van der Waals surface area contributed by atoms with Crippen molar-refractivity contribution in [2.45, 2.75) is 82.3 Å². The van der Waals surface area contributed by atoms with Crippen LogP contribution in [0.25, 0.3) is 0 Å². The molecule has 8 nitrogen and oxygen atoms in total. The molecule has 3 aliphatic rings. The second kappa shape index (κ2) is 8.82. The lowest BCUT2D eigenvalue weighted by atomic mass is 9.85. The van der Waals surface area contributed by atoms with Crippen molar-refractivity contribution in [3.8, 4) is 0 Å². The first-order chi connectivity index (χ1) is 17.3. The SMILES string of the molecule is CC(C)(C)[C@@H](C(=O)N1C[C@H](O)C[C@H]1C(=O)NC1(c2ccccc2)CC1C(F)(F)F)n1cc(C2CC2)nn1. The zero-order chi connectivity index (χ0) is 26.8. The molecule has 1 aliphatic heterocycles. The third kappa shape index (κ3) is 4.85. The molecule has 0 radical (unpaired) electrons. The van der Waals surface area contributed by atoms with Gasteiger partial charge in [-0.1, -0.05) is 56.3 Å². The number of hydrogen-bond acceptors (Lipinski definition) is 5. The average Bonchev–Trinajstić information content (AvgIpc) is 3.70. The van der Waals surface area contributed by atoms with E-state index < -0.39 is 53.1 Å². The number of nitrogens with one attached hydrogen (secondary N) is 1. The minimum atomic E-state index is -4.49. The monoisotopic (exact) mass is 519 g/mol. The van der Waals surface area contributed by atoms with Gasteiger partial charge in [-0.2, -0.15) is 13.2 Å². The summed E-state index contributed by atoms with van der Waals surface area (Å²) in [5.74, 6) is -2.51. The molecule has 2 aliphatic carbocycles. The number of rotatable bonds is 6. The normalized spacial score (nSPS) is 28.7. The van der Waals surface area contributed by atoms with E-state index >= 15 is 0 Å². The van der Waals surface area contributed by atoms with Crippen LogP contribution in [0.1, 0.15) is 69.7 Å². The van der Waals surface area contributed by atoms with Crippen LogP contribution in [-0.2, 0) is 15.1 Å². The van der Waals surface area contributed by atoms with E-state index in [0.717, 1.165) is 18.5 Å². The average molecular weight is 520 g/mol. The summed E-state index contributed by atoms with van der Waals surface area (Å²) in [6, 6.07) is 6.18. The maximum atomic E-state index is 13.9. The highest BCUT2D eigenvalue weighted by Gasteiger charge is 2.68. The van der Waals surface area contributed by atoms with Gasteiger partial charge in [0, 0.05) is 25.1 Å². The summed E-state index contributed by atoms with van der Waals surface area (Å²) in [6.07, 6.45) is -1.98. The molecule has 2 saturated carbocycles. The Bertz CT molecular complexity index is 1170. The van der Waals surface area contributed by atoms with Gasteiger partial charge in [0.05, 0.1) is 23.3 Å². The van der Waals surface area contributed by atoms with Gasteiger partial charge in [-0.15, -0.1) is 5.10 Å². The van der Waals surface area contributed by atoms with Crippen molar-refractivity contribution in [2.24, 2.45) is 11.3 Å². The molecule has 5 atom stereocenters. The summed E-state index contributed by atoms with van der Waals surface area (Å²) in [5.41, 5.74) is -1.02. The first kappa shape index (κ1) is 25.7. The van der Waals surface area contributed by atoms with Crippen LogP contribution in [-0.4, -0.2) is 61.7 Å². The molecule has 2 N–H and O–H groups in total. The Hall–Kier alpha value is -2.95. The summed E-state index contributed by atoms with van der Waals surface area (Å²) in [4.78, 5) is 28.7. The van der Waals surface area contributed by atoms with E-state index in [9.17, 15) is 27.9 Å². The van der Waals surface area contributed by atoms with Crippen LogP contribution in [0.2, 0.25) is 0 Å². The number of halogens is 3. The molecule has 37 heavy (non-hydrogen) atoms. The van der Waals surface area contributed by atoms with Gasteiger partial charge < -0.3 is 15.3 Å². The molecule has 2 amide bonds. The van der Waals surface area contributed by atoms with E-state index in [1.807, 2.05) is 20.8 Å². The summed E-state index contributed by atoms with van der Waals surface area (Å²) in [7, 11) is 0. The molecule has 1 aromatic carbocycles. The number of aliphatic hydroxyl groups is 1. The van der Waals surface area contributed by atoms with E-state index in [1.165, 1.54) is 9.58 Å². The lowest BCUT2D eigenvalue weighted by Crippen LogP contribution is -2.52. The van der Waals surface area contributed by atoms with Gasteiger partial charge in [-0.25, -0.2) is 4.68 Å². The number of alkyl halides is 3. The number of hydrogen-bond donors (Lipinski definition) is 2. The molecular formula is C26H32F3N5O3. The Labute approximate surface area is 213 Å². The summed E-state index contributed by atoms with van der Waals surface area (Å²) in [5, 5.41) is 21.5. The second-order valence-corrected chi connectivity index (χ2v) is 11.7. The fraction of sp³-hybridized carbons (Fsp3) is 0.615. The van der Waals surface area contributed by atoms with E-state index in [1.54, 1.807) is 36.5 Å². The van der Waals surface area contributed by atoms with Gasteiger partial charge in [0.15, 0.2) is 0 Å². The predicted octanol–water partition coefficient (Wildman–Crippen LogP) is 3.30. The van der Waals surface area contributed by atoms with Crippen molar-refractivity contribution < 1.29 is 27.9 Å². The molecule has 11 heteroatoms. The second-order valence-electron chi connectivity index (χ2n) is 11.7. The molecule has 1 aromatic heterocycles. The fourth-order valence-corrected chi connectivity index (χ4v) is 5.55. The minimum absolute atomic E-state index is 0.0549. The third-order valence-corrected chi connectivity index (χ3v) is 7.70. The number of nitrogens with zero attached hydrogens (tertiary/aromatic N) is 4. The molecule has 200 valence electrons. The zero-order valence-electron chi connectivity index (χ0n) is 21.1. The van der Waals surface area contributed by atoms with Crippen LogP contribution >= 0.6 is 0 Å². The summed E-state index contributed by atoms with van der Waals surface area (Å²) >= 11 is 0. The summed E-state index contributed by atoms with van der Waals surface area (Å²) < 4.78 is 42.7. The highest BCUT2D eigenvalue weighted by atomic mass is 19.4. The molecule has 1 saturated heterocycles. The Morgan fingerprint density at radius 3 is 2.41 bits per heavy atom. The topological polar surface area (TPSA) is 100 Å². The Balaban J connectivity index is 1.41.